The zero-order valence-electron chi connectivity index (χ0n) is 11.8. The Morgan fingerprint density at radius 3 is 2.62 bits per heavy atom. The summed E-state index contributed by atoms with van der Waals surface area (Å²) in [5.74, 6) is -0.0363. The van der Waals surface area contributed by atoms with Crippen molar-refractivity contribution in [2.75, 3.05) is 20.2 Å². The van der Waals surface area contributed by atoms with Gasteiger partial charge in [-0.25, -0.2) is 4.39 Å². The molecule has 0 saturated carbocycles. The van der Waals surface area contributed by atoms with Crippen LogP contribution in [0.4, 0.5) is 4.39 Å². The molecule has 0 unspecified atom stereocenters. The fourth-order valence-corrected chi connectivity index (χ4v) is 3.08. The number of hydrogen-bond donors (Lipinski definition) is 1. The van der Waals surface area contributed by atoms with Crippen molar-refractivity contribution < 1.29 is 9.13 Å². The van der Waals surface area contributed by atoms with Gasteiger partial charge in [-0.1, -0.05) is 29.8 Å². The Labute approximate surface area is 128 Å². The molecule has 0 radical (unpaired) electrons. The molecule has 1 saturated heterocycles. The largest absolute Gasteiger partial charge is 0.494 e. The number of rotatable bonds is 4. The highest BCUT2D eigenvalue weighted by Gasteiger charge is 2.38. The predicted octanol–water partition coefficient (Wildman–Crippen LogP) is 3.57. The van der Waals surface area contributed by atoms with E-state index >= 15 is 0 Å². The van der Waals surface area contributed by atoms with E-state index in [1.54, 1.807) is 12.1 Å². The highest BCUT2D eigenvalue weighted by atomic mass is 35.5. The minimum Gasteiger partial charge on any atom is -0.494 e. The SMILES string of the molecule is COc1ccc(CC2(c3cccc(Cl)c3)CNC2)cc1F. The normalized spacial score (nSPS) is 16.3. The maximum atomic E-state index is 13.9. The minimum absolute atomic E-state index is 0.00801. The van der Waals surface area contributed by atoms with Crippen LogP contribution in [-0.4, -0.2) is 20.2 Å². The molecule has 21 heavy (non-hydrogen) atoms. The minimum atomic E-state index is -0.316. The maximum absolute atomic E-state index is 13.9. The number of halogens is 2. The van der Waals surface area contributed by atoms with E-state index in [0.29, 0.717) is 0 Å². The van der Waals surface area contributed by atoms with Crippen LogP contribution in [0.3, 0.4) is 0 Å². The summed E-state index contributed by atoms with van der Waals surface area (Å²) in [6, 6.07) is 13.1. The zero-order valence-corrected chi connectivity index (χ0v) is 12.6. The van der Waals surface area contributed by atoms with Gasteiger partial charge < -0.3 is 10.1 Å². The van der Waals surface area contributed by atoms with Crippen LogP contribution in [0, 0.1) is 5.82 Å². The summed E-state index contributed by atoms with van der Waals surface area (Å²) in [4.78, 5) is 0. The molecule has 0 spiro atoms. The second-order valence-electron chi connectivity index (χ2n) is 5.54. The van der Waals surface area contributed by atoms with E-state index in [0.717, 1.165) is 30.1 Å². The summed E-state index contributed by atoms with van der Waals surface area (Å²) < 4.78 is 18.8. The van der Waals surface area contributed by atoms with Gasteiger partial charge in [0.1, 0.15) is 0 Å². The molecule has 2 aromatic carbocycles. The summed E-state index contributed by atoms with van der Waals surface area (Å²) in [7, 11) is 1.47. The molecule has 0 aromatic heterocycles. The quantitative estimate of drug-likeness (QED) is 0.932. The molecule has 2 nitrogen and oxygen atoms in total. The van der Waals surface area contributed by atoms with Gasteiger partial charge in [-0.2, -0.15) is 0 Å². The fraction of sp³-hybridized carbons (Fsp3) is 0.294. The number of nitrogens with one attached hydrogen (secondary N) is 1. The van der Waals surface area contributed by atoms with Crippen molar-refractivity contribution in [3.63, 3.8) is 0 Å². The first-order chi connectivity index (χ1) is 10.1. The Kier molecular flexibility index (Phi) is 3.87. The lowest BCUT2D eigenvalue weighted by molar-refractivity contribution is 0.274. The molecule has 3 rings (SSSR count). The van der Waals surface area contributed by atoms with E-state index in [-0.39, 0.29) is 17.0 Å². The molecule has 0 atom stereocenters. The lowest BCUT2D eigenvalue weighted by atomic mass is 9.71. The molecule has 1 heterocycles. The monoisotopic (exact) mass is 305 g/mol. The lowest BCUT2D eigenvalue weighted by Crippen LogP contribution is -2.58. The molecule has 1 aliphatic rings. The smallest absolute Gasteiger partial charge is 0.165 e. The third-order valence-corrected chi connectivity index (χ3v) is 4.36. The van der Waals surface area contributed by atoms with Crippen LogP contribution in [0.1, 0.15) is 11.1 Å². The van der Waals surface area contributed by atoms with E-state index in [4.69, 9.17) is 16.3 Å². The molecule has 0 bridgehead atoms. The fourth-order valence-electron chi connectivity index (χ4n) is 2.89. The third kappa shape index (κ3) is 2.76. The topological polar surface area (TPSA) is 21.3 Å². The third-order valence-electron chi connectivity index (χ3n) is 4.12. The van der Waals surface area contributed by atoms with Gasteiger partial charge in [-0.05, 0) is 41.8 Å². The average molecular weight is 306 g/mol. The van der Waals surface area contributed by atoms with E-state index in [9.17, 15) is 4.39 Å². The van der Waals surface area contributed by atoms with Crippen molar-refractivity contribution in [1.82, 2.24) is 5.32 Å². The van der Waals surface area contributed by atoms with Gasteiger partial charge in [0, 0.05) is 23.5 Å². The summed E-state index contributed by atoms with van der Waals surface area (Å²) in [6.45, 7) is 1.75. The molecule has 110 valence electrons. The van der Waals surface area contributed by atoms with Gasteiger partial charge in [-0.3, -0.25) is 0 Å². The van der Waals surface area contributed by atoms with Gasteiger partial charge in [0.25, 0.3) is 0 Å². The van der Waals surface area contributed by atoms with Gasteiger partial charge >= 0.3 is 0 Å². The molecule has 0 aliphatic carbocycles. The molecule has 0 amide bonds. The van der Waals surface area contributed by atoms with Crippen LogP contribution in [0.5, 0.6) is 5.75 Å². The van der Waals surface area contributed by atoms with Gasteiger partial charge in [-0.15, -0.1) is 0 Å². The van der Waals surface area contributed by atoms with Crippen molar-refractivity contribution in [1.29, 1.82) is 0 Å². The van der Waals surface area contributed by atoms with Crippen molar-refractivity contribution in [3.05, 3.63) is 64.4 Å². The van der Waals surface area contributed by atoms with Crippen LogP contribution in [-0.2, 0) is 11.8 Å². The Hall–Kier alpha value is -1.58. The summed E-state index contributed by atoms with van der Waals surface area (Å²) in [6.07, 6.45) is 0.779. The molecule has 4 heteroatoms. The van der Waals surface area contributed by atoms with E-state index < -0.39 is 0 Å². The standard InChI is InChI=1S/C17H17ClFNO/c1-21-16-6-5-12(7-15(16)19)9-17(10-20-11-17)13-3-2-4-14(18)8-13/h2-8,20H,9-11H2,1H3. The van der Waals surface area contributed by atoms with E-state index in [1.165, 1.54) is 12.7 Å². The number of hydrogen-bond acceptors (Lipinski definition) is 2. The Morgan fingerprint density at radius 1 is 1.24 bits per heavy atom. The first-order valence-electron chi connectivity index (χ1n) is 6.92. The van der Waals surface area contributed by atoms with Crippen molar-refractivity contribution in [3.8, 4) is 5.75 Å². The highest BCUT2D eigenvalue weighted by Crippen LogP contribution is 2.34. The summed E-state index contributed by atoms with van der Waals surface area (Å²) >= 11 is 6.10. The predicted molar refractivity (Wildman–Crippen MR) is 82.7 cm³/mol. The van der Waals surface area contributed by atoms with Crippen LogP contribution < -0.4 is 10.1 Å². The number of benzene rings is 2. The molecule has 2 aromatic rings. The first kappa shape index (κ1) is 14.4. The van der Waals surface area contributed by atoms with Crippen LogP contribution in [0.25, 0.3) is 0 Å². The molecule has 1 N–H and O–H groups in total. The van der Waals surface area contributed by atoms with Crippen molar-refractivity contribution in [2.24, 2.45) is 0 Å². The second kappa shape index (κ2) is 5.66. The van der Waals surface area contributed by atoms with Crippen LogP contribution in [0.2, 0.25) is 5.02 Å². The molecule has 1 aliphatic heterocycles. The van der Waals surface area contributed by atoms with Crippen molar-refractivity contribution >= 4 is 11.6 Å². The Balaban J connectivity index is 1.89. The Morgan fingerprint density at radius 2 is 2.05 bits per heavy atom. The zero-order chi connectivity index (χ0) is 14.9. The van der Waals surface area contributed by atoms with Gasteiger partial charge in [0.15, 0.2) is 11.6 Å². The summed E-state index contributed by atoms with van der Waals surface area (Å²) in [5, 5.41) is 4.05. The molecular weight excluding hydrogens is 289 g/mol. The second-order valence-corrected chi connectivity index (χ2v) is 5.98. The van der Waals surface area contributed by atoms with Crippen LogP contribution >= 0.6 is 11.6 Å². The lowest BCUT2D eigenvalue weighted by Gasteiger charge is -2.43. The number of ether oxygens (including phenoxy) is 1. The average Bonchev–Trinajstić information content (AvgIpc) is 2.43. The highest BCUT2D eigenvalue weighted by molar-refractivity contribution is 6.30. The van der Waals surface area contributed by atoms with Crippen LogP contribution in [0.15, 0.2) is 42.5 Å². The van der Waals surface area contributed by atoms with E-state index in [2.05, 4.69) is 11.4 Å². The summed E-state index contributed by atoms with van der Waals surface area (Å²) in [5.41, 5.74) is 2.16. The molecular formula is C17H17ClFNO. The Bertz CT molecular complexity index is 655. The maximum Gasteiger partial charge on any atom is 0.165 e. The number of methoxy groups -OCH3 is 1. The van der Waals surface area contributed by atoms with Crippen molar-refractivity contribution in [2.45, 2.75) is 11.8 Å². The van der Waals surface area contributed by atoms with Gasteiger partial charge in [0.05, 0.1) is 7.11 Å². The van der Waals surface area contributed by atoms with E-state index in [1.807, 2.05) is 24.3 Å². The molecule has 1 fully saturated rings. The first-order valence-corrected chi connectivity index (χ1v) is 7.30. The van der Waals surface area contributed by atoms with Gasteiger partial charge in [0.2, 0.25) is 0 Å².